The third-order valence-electron chi connectivity index (χ3n) is 3.08. The minimum Gasteiger partial charge on any atom is -0.0619 e. The molecule has 3 rings (SSSR count). The molecule has 0 radical (unpaired) electrons. The summed E-state index contributed by atoms with van der Waals surface area (Å²) >= 11 is 0. The summed E-state index contributed by atoms with van der Waals surface area (Å²) in [5, 5.41) is 4.69. The van der Waals surface area contributed by atoms with Crippen LogP contribution in [0, 0.1) is 0 Å². The summed E-state index contributed by atoms with van der Waals surface area (Å²) < 4.78 is 0. The largest absolute Gasteiger partial charge is 0.128 e. The minimum absolute atomic E-state index is 1.15. The van der Waals surface area contributed by atoms with Gasteiger partial charge >= 0.3 is 0 Å². The molecule has 2 aromatic rings. The fraction of sp³-hybridized carbons (Fsp3) is 0. The normalized spacial score (nSPS) is 16.2. The van der Waals surface area contributed by atoms with Crippen LogP contribution in [-0.2, 0) is 9.62 Å². The molecule has 0 N–H and O–H groups in total. The number of benzene rings is 2. The molecule has 0 saturated carbocycles. The minimum atomic E-state index is -1.15. The molecule has 18 heavy (non-hydrogen) atoms. The van der Waals surface area contributed by atoms with E-state index in [0.29, 0.717) is 0 Å². The van der Waals surface area contributed by atoms with Gasteiger partial charge in [-0.3, -0.25) is 0 Å². The van der Waals surface area contributed by atoms with E-state index >= 15 is 0 Å². The maximum atomic E-state index is 2.34. The van der Waals surface area contributed by atoms with Gasteiger partial charge in [0.05, 0.1) is 10.8 Å². The zero-order valence-electron chi connectivity index (χ0n) is 10.1. The molecular weight excluding hydrogens is 236 g/mol. The molecule has 0 aliphatic carbocycles. The summed E-state index contributed by atoms with van der Waals surface area (Å²) in [6.07, 6.45) is 6.42. The van der Waals surface area contributed by atoms with Crippen molar-refractivity contribution in [3.63, 3.8) is 0 Å². The van der Waals surface area contributed by atoms with Crippen LogP contribution in [0.5, 0.6) is 0 Å². The van der Waals surface area contributed by atoms with Crippen molar-refractivity contribution in [2.45, 2.75) is 9.79 Å². The molecule has 88 valence electrons. The van der Waals surface area contributed by atoms with Crippen LogP contribution in [0.15, 0.2) is 94.1 Å². The van der Waals surface area contributed by atoms with E-state index < -0.39 is 9.62 Å². The maximum absolute atomic E-state index is 2.34. The summed E-state index contributed by atoms with van der Waals surface area (Å²) in [7, 11) is -1.15. The standard InChI is InChI=1S/C17H15S/c1-4-10-16(11-5-1)18(14-8-3-9-15-18)17-12-6-2-7-13-17/h1-15H/q+1. The van der Waals surface area contributed by atoms with Gasteiger partial charge in [0.2, 0.25) is 0 Å². The Hall–Kier alpha value is -1.86. The van der Waals surface area contributed by atoms with Gasteiger partial charge in [0.1, 0.15) is 9.79 Å². The highest BCUT2D eigenvalue weighted by Crippen LogP contribution is 2.32. The van der Waals surface area contributed by atoms with Crippen molar-refractivity contribution in [3.05, 3.63) is 84.3 Å². The van der Waals surface area contributed by atoms with E-state index in [-0.39, 0.29) is 0 Å². The van der Waals surface area contributed by atoms with Crippen LogP contribution in [-0.4, -0.2) is 5.37 Å². The van der Waals surface area contributed by atoms with Gasteiger partial charge in [0.15, 0.2) is 0 Å². The Bertz CT molecular complexity index is 590. The smallest absolute Gasteiger partial charge is 0.0619 e. The molecule has 1 aliphatic rings. The fourth-order valence-corrected chi connectivity index (χ4v) is 5.07. The van der Waals surface area contributed by atoms with Crippen molar-refractivity contribution in [2.24, 2.45) is 0 Å². The van der Waals surface area contributed by atoms with Crippen LogP contribution in [0.3, 0.4) is 0 Å². The first-order chi connectivity index (χ1) is 8.92. The Morgan fingerprint density at radius 1 is 0.556 bits per heavy atom. The summed E-state index contributed by atoms with van der Waals surface area (Å²) in [5.41, 5.74) is 0. The van der Waals surface area contributed by atoms with Gasteiger partial charge in [0, 0.05) is 0 Å². The van der Waals surface area contributed by atoms with E-state index in [2.05, 4.69) is 89.7 Å². The molecule has 2 aromatic carbocycles. The maximum Gasteiger partial charge on any atom is 0.128 e. The van der Waals surface area contributed by atoms with Crippen LogP contribution >= 0.6 is 0 Å². The molecule has 1 heterocycles. The number of hydrogen-bond acceptors (Lipinski definition) is 0. The van der Waals surface area contributed by atoms with Crippen molar-refractivity contribution in [1.82, 2.24) is 0 Å². The molecule has 0 bridgehead atoms. The molecule has 0 spiro atoms. The van der Waals surface area contributed by atoms with Crippen molar-refractivity contribution < 1.29 is 0 Å². The van der Waals surface area contributed by atoms with Crippen molar-refractivity contribution in [3.8, 4) is 0 Å². The SMILES string of the molecule is C1=CC=[S+](c2ccccc2)(c2ccccc2)C=C1. The average molecular weight is 251 g/mol. The quantitative estimate of drug-likeness (QED) is 0.556. The van der Waals surface area contributed by atoms with Crippen molar-refractivity contribution >= 4 is 15.0 Å². The molecule has 1 aliphatic heterocycles. The first-order valence-corrected chi connectivity index (χ1v) is 7.79. The van der Waals surface area contributed by atoms with E-state index in [4.69, 9.17) is 0 Å². The number of rotatable bonds is 2. The Kier molecular flexibility index (Phi) is 2.99. The monoisotopic (exact) mass is 251 g/mol. The van der Waals surface area contributed by atoms with Gasteiger partial charge < -0.3 is 0 Å². The van der Waals surface area contributed by atoms with Crippen molar-refractivity contribution in [1.29, 1.82) is 0 Å². The van der Waals surface area contributed by atoms with Gasteiger partial charge in [0.25, 0.3) is 0 Å². The summed E-state index contributed by atoms with van der Waals surface area (Å²) in [6.45, 7) is 0. The fourth-order valence-electron chi connectivity index (χ4n) is 2.19. The lowest BCUT2D eigenvalue weighted by Gasteiger charge is -2.17. The zero-order valence-corrected chi connectivity index (χ0v) is 10.9. The lowest BCUT2D eigenvalue weighted by atomic mass is 10.4. The summed E-state index contributed by atoms with van der Waals surface area (Å²) in [6, 6.07) is 21.5. The first-order valence-electron chi connectivity index (χ1n) is 6.03. The van der Waals surface area contributed by atoms with Gasteiger partial charge in [-0.15, -0.1) is 0 Å². The molecule has 0 unspecified atom stereocenters. The number of allylic oxidation sites excluding steroid dienone is 3. The first kappa shape index (κ1) is 11.2. The van der Waals surface area contributed by atoms with Gasteiger partial charge in [-0.05, 0) is 46.0 Å². The predicted octanol–water partition coefficient (Wildman–Crippen LogP) is 4.14. The Labute approximate surface area is 109 Å². The third kappa shape index (κ3) is 1.87. The molecule has 0 aromatic heterocycles. The molecule has 0 amide bonds. The van der Waals surface area contributed by atoms with E-state index in [0.717, 1.165) is 0 Å². The second kappa shape index (κ2) is 4.79. The second-order valence-electron chi connectivity index (χ2n) is 4.19. The lowest BCUT2D eigenvalue weighted by Crippen LogP contribution is -2.13. The molecule has 0 fully saturated rings. The van der Waals surface area contributed by atoms with Crippen LogP contribution < -0.4 is 0 Å². The van der Waals surface area contributed by atoms with Crippen LogP contribution in [0.2, 0.25) is 0 Å². The topological polar surface area (TPSA) is 0 Å². The van der Waals surface area contributed by atoms with E-state index in [1.807, 2.05) is 0 Å². The second-order valence-corrected chi connectivity index (χ2v) is 7.09. The molecule has 0 saturated heterocycles. The van der Waals surface area contributed by atoms with Gasteiger partial charge in [-0.25, -0.2) is 0 Å². The van der Waals surface area contributed by atoms with E-state index in [9.17, 15) is 0 Å². The van der Waals surface area contributed by atoms with E-state index in [1.54, 1.807) is 0 Å². The third-order valence-corrected chi connectivity index (χ3v) is 6.35. The molecular formula is C17H15S+. The molecule has 0 nitrogen and oxygen atoms in total. The van der Waals surface area contributed by atoms with Gasteiger partial charge in [-0.1, -0.05) is 42.5 Å². The van der Waals surface area contributed by atoms with Crippen LogP contribution in [0.25, 0.3) is 0 Å². The lowest BCUT2D eigenvalue weighted by molar-refractivity contribution is 1.38. The Morgan fingerprint density at radius 3 is 1.56 bits per heavy atom. The van der Waals surface area contributed by atoms with Crippen molar-refractivity contribution in [2.75, 3.05) is 0 Å². The number of hydrogen-bond donors (Lipinski definition) is 0. The average Bonchev–Trinajstić information content (AvgIpc) is 2.50. The van der Waals surface area contributed by atoms with E-state index in [1.165, 1.54) is 9.79 Å². The highest BCUT2D eigenvalue weighted by atomic mass is 32.2. The summed E-state index contributed by atoms with van der Waals surface area (Å²) in [5.74, 6) is 0. The zero-order chi connectivity index (χ0) is 12.3. The van der Waals surface area contributed by atoms with Crippen LogP contribution in [0.4, 0.5) is 0 Å². The highest BCUT2D eigenvalue weighted by molar-refractivity contribution is 8.15. The Balaban J connectivity index is 2.28. The highest BCUT2D eigenvalue weighted by Gasteiger charge is 2.26. The van der Waals surface area contributed by atoms with Gasteiger partial charge in [-0.2, -0.15) is 0 Å². The molecule has 1 heteroatoms. The molecule has 0 atom stereocenters. The van der Waals surface area contributed by atoms with Crippen LogP contribution in [0.1, 0.15) is 0 Å². The summed E-state index contributed by atoms with van der Waals surface area (Å²) in [4.78, 5) is 2.77. The predicted molar refractivity (Wildman–Crippen MR) is 81.1 cm³/mol. The Morgan fingerprint density at radius 2 is 1.11 bits per heavy atom.